The molecule has 0 radical (unpaired) electrons. The van der Waals surface area contributed by atoms with Crippen LogP contribution < -0.4 is 4.90 Å². The number of thioether (sulfide) groups is 1. The van der Waals surface area contributed by atoms with Gasteiger partial charge in [0.05, 0.1) is 5.75 Å². The lowest BCUT2D eigenvalue weighted by molar-refractivity contribution is -0.115. The van der Waals surface area contributed by atoms with Crippen LogP contribution in [0.15, 0.2) is 35.8 Å². The minimum Gasteiger partial charge on any atom is -0.273 e. The summed E-state index contributed by atoms with van der Waals surface area (Å²) in [5.74, 6) is 0.665. The lowest BCUT2D eigenvalue weighted by Crippen LogP contribution is -2.27. The number of amides is 1. The van der Waals surface area contributed by atoms with Crippen molar-refractivity contribution in [3.63, 3.8) is 0 Å². The Balaban J connectivity index is 1.96. The third-order valence-electron chi connectivity index (χ3n) is 2.86. The normalized spacial score (nSPS) is 19.5. The van der Waals surface area contributed by atoms with Crippen molar-refractivity contribution < 1.29 is 4.79 Å². The predicted molar refractivity (Wildman–Crippen MR) is 76.0 cm³/mol. The highest BCUT2D eigenvalue weighted by molar-refractivity contribution is 8.00. The zero-order valence-electron chi connectivity index (χ0n) is 9.87. The standard InChI is InChI=1S/C13H12N2OS2/c1-9-2-4-10(5-3-9)12-15(11(16)8-18-12)13-14-6-7-17-13/h2-7,12H,8H2,1H3/t12-/m1/s1. The van der Waals surface area contributed by atoms with Gasteiger partial charge in [0.15, 0.2) is 5.13 Å². The molecule has 1 aliphatic heterocycles. The number of thiazole rings is 1. The zero-order chi connectivity index (χ0) is 12.5. The van der Waals surface area contributed by atoms with Gasteiger partial charge in [-0.1, -0.05) is 29.8 Å². The summed E-state index contributed by atoms with van der Waals surface area (Å²) < 4.78 is 0. The summed E-state index contributed by atoms with van der Waals surface area (Å²) in [5.41, 5.74) is 2.39. The Morgan fingerprint density at radius 1 is 1.33 bits per heavy atom. The lowest BCUT2D eigenvalue weighted by atomic mass is 10.1. The minimum absolute atomic E-state index is 0.0595. The van der Waals surface area contributed by atoms with Crippen LogP contribution >= 0.6 is 23.1 Å². The molecular weight excluding hydrogens is 264 g/mol. The van der Waals surface area contributed by atoms with Gasteiger partial charge in [-0.05, 0) is 12.5 Å². The fourth-order valence-corrected chi connectivity index (χ4v) is 3.85. The van der Waals surface area contributed by atoms with Gasteiger partial charge in [-0.2, -0.15) is 0 Å². The molecule has 3 nitrogen and oxygen atoms in total. The van der Waals surface area contributed by atoms with Gasteiger partial charge in [-0.25, -0.2) is 4.98 Å². The van der Waals surface area contributed by atoms with Crippen molar-refractivity contribution in [1.29, 1.82) is 0 Å². The first-order chi connectivity index (χ1) is 8.75. The number of carbonyl (C=O) groups excluding carboxylic acids is 1. The molecule has 1 aromatic carbocycles. The van der Waals surface area contributed by atoms with Crippen LogP contribution in [0.1, 0.15) is 16.5 Å². The van der Waals surface area contributed by atoms with E-state index in [4.69, 9.17) is 0 Å². The summed E-state index contributed by atoms with van der Waals surface area (Å²) in [6, 6.07) is 8.34. The molecule has 0 bridgehead atoms. The number of nitrogens with zero attached hydrogens (tertiary/aromatic N) is 2. The average Bonchev–Trinajstić information content (AvgIpc) is 2.99. The van der Waals surface area contributed by atoms with Gasteiger partial charge in [0.25, 0.3) is 0 Å². The molecule has 1 aromatic heterocycles. The maximum absolute atomic E-state index is 12.0. The second kappa shape index (κ2) is 4.74. The van der Waals surface area contributed by atoms with Gasteiger partial charge in [0.2, 0.25) is 5.91 Å². The summed E-state index contributed by atoms with van der Waals surface area (Å²) in [7, 11) is 0. The number of aromatic nitrogens is 1. The van der Waals surface area contributed by atoms with Crippen molar-refractivity contribution >= 4 is 34.1 Å². The van der Waals surface area contributed by atoms with Crippen LogP contribution in [0, 0.1) is 6.92 Å². The molecule has 1 saturated heterocycles. The molecule has 1 fully saturated rings. The number of benzene rings is 1. The molecule has 0 saturated carbocycles. The van der Waals surface area contributed by atoms with E-state index in [1.807, 2.05) is 5.38 Å². The first kappa shape index (κ1) is 11.7. The van der Waals surface area contributed by atoms with Crippen molar-refractivity contribution in [3.8, 4) is 0 Å². The molecule has 1 aliphatic rings. The van der Waals surface area contributed by atoms with Gasteiger partial charge < -0.3 is 0 Å². The molecule has 18 heavy (non-hydrogen) atoms. The number of hydrogen-bond donors (Lipinski definition) is 0. The molecule has 3 rings (SSSR count). The fraction of sp³-hybridized carbons (Fsp3) is 0.231. The monoisotopic (exact) mass is 276 g/mol. The van der Waals surface area contributed by atoms with E-state index in [1.54, 1.807) is 22.9 Å². The van der Waals surface area contributed by atoms with Crippen LogP contribution in [-0.4, -0.2) is 16.6 Å². The van der Waals surface area contributed by atoms with Gasteiger partial charge in [-0.3, -0.25) is 9.69 Å². The third-order valence-corrected chi connectivity index (χ3v) is 4.84. The number of rotatable bonds is 2. The quantitative estimate of drug-likeness (QED) is 0.844. The van der Waals surface area contributed by atoms with E-state index in [-0.39, 0.29) is 11.3 Å². The molecule has 0 unspecified atom stereocenters. The number of hydrogen-bond acceptors (Lipinski definition) is 4. The molecule has 2 heterocycles. The van der Waals surface area contributed by atoms with Crippen molar-refractivity contribution in [2.45, 2.75) is 12.3 Å². The van der Waals surface area contributed by atoms with Crippen molar-refractivity contribution in [2.75, 3.05) is 10.7 Å². The summed E-state index contributed by atoms with van der Waals surface area (Å²) >= 11 is 3.16. The Hall–Kier alpha value is -1.33. The first-order valence-electron chi connectivity index (χ1n) is 5.65. The van der Waals surface area contributed by atoms with Crippen LogP contribution in [0.2, 0.25) is 0 Å². The Morgan fingerprint density at radius 3 is 2.78 bits per heavy atom. The third kappa shape index (κ3) is 2.04. The van der Waals surface area contributed by atoms with E-state index >= 15 is 0 Å². The second-order valence-electron chi connectivity index (χ2n) is 4.15. The molecule has 0 N–H and O–H groups in total. The fourth-order valence-electron chi connectivity index (χ4n) is 1.94. The zero-order valence-corrected chi connectivity index (χ0v) is 11.5. The molecule has 5 heteroatoms. The van der Waals surface area contributed by atoms with Crippen LogP contribution in [0.5, 0.6) is 0 Å². The molecule has 1 amide bonds. The molecule has 0 spiro atoms. The smallest absolute Gasteiger partial charge is 0.240 e. The highest BCUT2D eigenvalue weighted by Gasteiger charge is 2.35. The molecule has 0 aliphatic carbocycles. The molecule has 92 valence electrons. The van der Waals surface area contributed by atoms with Gasteiger partial charge >= 0.3 is 0 Å². The van der Waals surface area contributed by atoms with E-state index in [9.17, 15) is 4.79 Å². The Bertz CT molecular complexity index is 551. The predicted octanol–water partition coefficient (Wildman–Crippen LogP) is 3.23. The van der Waals surface area contributed by atoms with Crippen LogP contribution in [0.3, 0.4) is 0 Å². The summed E-state index contributed by atoms with van der Waals surface area (Å²) in [6.45, 7) is 2.06. The maximum atomic E-state index is 12.0. The van der Waals surface area contributed by atoms with Crippen LogP contribution in [0.25, 0.3) is 0 Å². The van der Waals surface area contributed by atoms with E-state index in [0.29, 0.717) is 5.75 Å². The van der Waals surface area contributed by atoms with Gasteiger partial charge in [0.1, 0.15) is 5.37 Å². The highest BCUT2D eigenvalue weighted by Crippen LogP contribution is 2.42. The van der Waals surface area contributed by atoms with Crippen molar-refractivity contribution in [2.24, 2.45) is 0 Å². The average molecular weight is 276 g/mol. The van der Waals surface area contributed by atoms with E-state index in [2.05, 4.69) is 36.2 Å². The molecule has 2 aromatic rings. The van der Waals surface area contributed by atoms with Gasteiger partial charge in [0, 0.05) is 11.6 Å². The Kier molecular flexibility index (Phi) is 3.09. The first-order valence-corrected chi connectivity index (χ1v) is 7.58. The molecule has 1 atom stereocenters. The topological polar surface area (TPSA) is 33.2 Å². The summed E-state index contributed by atoms with van der Waals surface area (Å²) in [4.78, 5) is 18.1. The largest absolute Gasteiger partial charge is 0.273 e. The van der Waals surface area contributed by atoms with E-state index < -0.39 is 0 Å². The summed E-state index contributed by atoms with van der Waals surface area (Å²) in [5, 5.41) is 2.75. The van der Waals surface area contributed by atoms with Crippen molar-refractivity contribution in [1.82, 2.24) is 4.98 Å². The minimum atomic E-state index is 0.0595. The molecular formula is C13H12N2OS2. The Morgan fingerprint density at radius 2 is 2.11 bits per heavy atom. The highest BCUT2D eigenvalue weighted by atomic mass is 32.2. The number of anilines is 1. The van der Waals surface area contributed by atoms with E-state index in [1.165, 1.54) is 16.9 Å². The van der Waals surface area contributed by atoms with Crippen LogP contribution in [0.4, 0.5) is 5.13 Å². The number of aryl methyl sites for hydroxylation is 1. The number of carbonyl (C=O) groups is 1. The van der Waals surface area contributed by atoms with Gasteiger partial charge in [-0.15, -0.1) is 23.1 Å². The summed E-state index contributed by atoms with van der Waals surface area (Å²) in [6.07, 6.45) is 1.74. The SMILES string of the molecule is Cc1ccc([C@H]2SCC(=O)N2c2nccs2)cc1. The second-order valence-corrected chi connectivity index (χ2v) is 6.09. The maximum Gasteiger partial charge on any atom is 0.240 e. The van der Waals surface area contributed by atoms with E-state index in [0.717, 1.165) is 10.7 Å². The van der Waals surface area contributed by atoms with Crippen LogP contribution in [-0.2, 0) is 4.79 Å². The van der Waals surface area contributed by atoms with Crippen molar-refractivity contribution in [3.05, 3.63) is 47.0 Å². The lowest BCUT2D eigenvalue weighted by Gasteiger charge is -2.21. The Labute approximate surface area is 114 Å².